The maximum atomic E-state index is 13.6. The smallest absolute Gasteiger partial charge is 0.273 e. The molecule has 0 atom stereocenters. The van der Waals surface area contributed by atoms with Crippen molar-refractivity contribution in [2.75, 3.05) is 31.1 Å². The number of hydrogen-bond donors (Lipinski definition) is 0. The van der Waals surface area contributed by atoms with Crippen LogP contribution in [0.1, 0.15) is 35.3 Å². The summed E-state index contributed by atoms with van der Waals surface area (Å²) in [5, 5.41) is 12.6. The van der Waals surface area contributed by atoms with Gasteiger partial charge in [0.15, 0.2) is 5.13 Å². The van der Waals surface area contributed by atoms with Crippen LogP contribution >= 0.6 is 22.9 Å². The van der Waals surface area contributed by atoms with Crippen LogP contribution in [0.3, 0.4) is 0 Å². The molecule has 0 unspecified atom stereocenters. The molecule has 0 aliphatic heterocycles. The maximum Gasteiger partial charge on any atom is 0.273 e. The number of thiazole rings is 1. The molecule has 31 heavy (non-hydrogen) atoms. The van der Waals surface area contributed by atoms with Crippen molar-refractivity contribution in [3.8, 4) is 0 Å². The number of hydrogen-bond acceptors (Lipinski definition) is 6. The highest BCUT2D eigenvalue weighted by atomic mass is 35.5. The number of aromatic nitrogens is 1. The number of rotatable bonds is 8. The molecule has 0 aliphatic carbocycles. The molecule has 0 saturated carbocycles. The minimum absolute atomic E-state index is 0.0681. The van der Waals surface area contributed by atoms with Crippen molar-refractivity contribution in [1.29, 1.82) is 0 Å². The summed E-state index contributed by atoms with van der Waals surface area (Å²) < 4.78 is 0.938. The number of benzene rings is 2. The number of nitro benzene ring substituents is 1. The van der Waals surface area contributed by atoms with Gasteiger partial charge in [0.25, 0.3) is 11.6 Å². The Morgan fingerprint density at radius 2 is 1.84 bits per heavy atom. The number of carbonyl (C=O) groups is 1. The number of nitro groups is 1. The molecule has 164 valence electrons. The molecule has 1 aromatic heterocycles. The zero-order valence-corrected chi connectivity index (χ0v) is 19.6. The first-order chi connectivity index (χ1) is 14.8. The van der Waals surface area contributed by atoms with E-state index < -0.39 is 4.92 Å². The number of carbonyl (C=O) groups excluding carboxylic acids is 1. The standard InChI is InChI=1S/C22H25ClN4O3S/c1-5-25(6-2)12-13-26(21(28)16-8-7-9-18(14(16)3)27(29)30)22-24-20-15(4)17(23)10-11-19(20)31-22/h7-11H,5-6,12-13H2,1-4H3. The SMILES string of the molecule is CCN(CC)CCN(C(=O)c1cccc([N+](=O)[O-])c1C)c1nc2c(C)c(Cl)ccc2s1. The monoisotopic (exact) mass is 460 g/mol. The first-order valence-corrected chi connectivity index (χ1v) is 11.3. The van der Waals surface area contributed by atoms with E-state index in [-0.39, 0.29) is 11.6 Å². The fourth-order valence-electron chi connectivity index (χ4n) is 3.47. The van der Waals surface area contributed by atoms with Crippen LogP contribution in [0.2, 0.25) is 5.02 Å². The normalized spacial score (nSPS) is 11.3. The Labute approximate surface area is 190 Å². The van der Waals surface area contributed by atoms with E-state index in [2.05, 4.69) is 18.7 Å². The fourth-order valence-corrected chi connectivity index (χ4v) is 4.67. The van der Waals surface area contributed by atoms with Crippen molar-refractivity contribution >= 4 is 49.9 Å². The van der Waals surface area contributed by atoms with E-state index in [1.54, 1.807) is 24.0 Å². The summed E-state index contributed by atoms with van der Waals surface area (Å²) in [6.45, 7) is 10.5. The van der Waals surface area contributed by atoms with Gasteiger partial charge < -0.3 is 4.90 Å². The lowest BCUT2D eigenvalue weighted by molar-refractivity contribution is -0.385. The van der Waals surface area contributed by atoms with Gasteiger partial charge in [0.1, 0.15) is 0 Å². The van der Waals surface area contributed by atoms with Gasteiger partial charge in [-0.1, -0.05) is 42.9 Å². The van der Waals surface area contributed by atoms with Gasteiger partial charge >= 0.3 is 0 Å². The second kappa shape index (κ2) is 9.72. The minimum Gasteiger partial charge on any atom is -0.302 e. The van der Waals surface area contributed by atoms with Crippen molar-refractivity contribution in [3.63, 3.8) is 0 Å². The Hall–Kier alpha value is -2.55. The minimum atomic E-state index is -0.463. The van der Waals surface area contributed by atoms with Gasteiger partial charge in [0.05, 0.1) is 15.1 Å². The summed E-state index contributed by atoms with van der Waals surface area (Å²) in [5.41, 5.74) is 2.23. The van der Waals surface area contributed by atoms with E-state index in [1.807, 2.05) is 19.1 Å². The van der Waals surface area contributed by atoms with Gasteiger partial charge in [0, 0.05) is 35.3 Å². The van der Waals surface area contributed by atoms with E-state index in [0.29, 0.717) is 34.4 Å². The van der Waals surface area contributed by atoms with Gasteiger partial charge in [0.2, 0.25) is 0 Å². The molecule has 0 radical (unpaired) electrons. The van der Waals surface area contributed by atoms with Crippen molar-refractivity contribution < 1.29 is 9.72 Å². The number of anilines is 1. The molecule has 2 aromatic carbocycles. The number of likely N-dealkylation sites (N-methyl/N-ethyl adjacent to an activating group) is 1. The van der Waals surface area contributed by atoms with Gasteiger partial charge in [-0.25, -0.2) is 4.98 Å². The Morgan fingerprint density at radius 3 is 2.48 bits per heavy atom. The van der Waals surface area contributed by atoms with Crippen molar-refractivity contribution in [1.82, 2.24) is 9.88 Å². The average molecular weight is 461 g/mol. The maximum absolute atomic E-state index is 13.6. The van der Waals surface area contributed by atoms with Crippen LogP contribution in [0.4, 0.5) is 10.8 Å². The molecular weight excluding hydrogens is 436 g/mol. The molecule has 0 saturated heterocycles. The summed E-state index contributed by atoms with van der Waals surface area (Å²) in [6, 6.07) is 8.31. The first-order valence-electron chi connectivity index (χ1n) is 10.1. The van der Waals surface area contributed by atoms with Gasteiger partial charge in [-0.3, -0.25) is 19.8 Å². The molecule has 1 heterocycles. The lowest BCUT2D eigenvalue weighted by Gasteiger charge is -2.25. The fraction of sp³-hybridized carbons (Fsp3) is 0.364. The second-order valence-electron chi connectivity index (χ2n) is 7.21. The van der Waals surface area contributed by atoms with E-state index >= 15 is 0 Å². The van der Waals surface area contributed by atoms with Crippen LogP contribution in [0.15, 0.2) is 30.3 Å². The van der Waals surface area contributed by atoms with E-state index in [9.17, 15) is 14.9 Å². The van der Waals surface area contributed by atoms with Crippen molar-refractivity contribution in [2.24, 2.45) is 0 Å². The largest absolute Gasteiger partial charge is 0.302 e. The molecule has 0 fully saturated rings. The predicted octanol–water partition coefficient (Wildman–Crippen LogP) is 5.46. The molecule has 0 spiro atoms. The van der Waals surface area contributed by atoms with Crippen LogP contribution in [-0.2, 0) is 0 Å². The summed E-state index contributed by atoms with van der Waals surface area (Å²) in [7, 11) is 0. The van der Waals surface area contributed by atoms with Gasteiger partial charge in [-0.2, -0.15) is 0 Å². The highest BCUT2D eigenvalue weighted by molar-refractivity contribution is 7.22. The number of fused-ring (bicyclic) bond motifs is 1. The Bertz CT molecular complexity index is 1130. The molecule has 0 aliphatic rings. The van der Waals surface area contributed by atoms with Crippen LogP contribution < -0.4 is 4.90 Å². The molecule has 1 amide bonds. The zero-order chi connectivity index (χ0) is 22.7. The molecule has 7 nitrogen and oxygen atoms in total. The first kappa shape index (κ1) is 23.1. The van der Waals surface area contributed by atoms with E-state index in [0.717, 1.165) is 28.9 Å². The predicted molar refractivity (Wildman–Crippen MR) is 127 cm³/mol. The highest BCUT2D eigenvalue weighted by Crippen LogP contribution is 2.34. The van der Waals surface area contributed by atoms with Gasteiger partial charge in [-0.15, -0.1) is 0 Å². The third-order valence-corrected chi connectivity index (χ3v) is 6.93. The topological polar surface area (TPSA) is 79.6 Å². The summed E-state index contributed by atoms with van der Waals surface area (Å²) in [6.07, 6.45) is 0. The third kappa shape index (κ3) is 4.71. The molecule has 0 bridgehead atoms. The van der Waals surface area contributed by atoms with Crippen LogP contribution in [-0.4, -0.2) is 46.9 Å². The van der Waals surface area contributed by atoms with Crippen molar-refractivity contribution in [3.05, 3.63) is 62.2 Å². The average Bonchev–Trinajstić information content (AvgIpc) is 3.18. The number of halogens is 1. The highest BCUT2D eigenvalue weighted by Gasteiger charge is 2.26. The molecule has 3 aromatic rings. The number of aryl methyl sites for hydroxylation is 1. The Balaban J connectivity index is 2.07. The van der Waals surface area contributed by atoms with Gasteiger partial charge in [-0.05, 0) is 50.7 Å². The molecule has 9 heteroatoms. The Morgan fingerprint density at radius 1 is 1.13 bits per heavy atom. The third-order valence-electron chi connectivity index (χ3n) is 5.48. The summed E-state index contributed by atoms with van der Waals surface area (Å²) >= 11 is 7.67. The van der Waals surface area contributed by atoms with Crippen molar-refractivity contribution in [2.45, 2.75) is 27.7 Å². The van der Waals surface area contributed by atoms with Crippen LogP contribution in [0.5, 0.6) is 0 Å². The van der Waals surface area contributed by atoms with E-state index in [1.165, 1.54) is 17.4 Å². The lowest BCUT2D eigenvalue weighted by atomic mass is 10.1. The zero-order valence-electron chi connectivity index (χ0n) is 18.0. The second-order valence-corrected chi connectivity index (χ2v) is 8.62. The quantitative estimate of drug-likeness (QED) is 0.329. The summed E-state index contributed by atoms with van der Waals surface area (Å²) in [5.74, 6) is -0.295. The number of amides is 1. The molecule has 3 rings (SSSR count). The van der Waals surface area contributed by atoms with Crippen LogP contribution in [0, 0.1) is 24.0 Å². The summed E-state index contributed by atoms with van der Waals surface area (Å²) in [4.78, 5) is 33.1. The number of nitrogens with zero attached hydrogens (tertiary/aromatic N) is 4. The lowest BCUT2D eigenvalue weighted by Crippen LogP contribution is -2.39. The Kier molecular flexibility index (Phi) is 7.25. The van der Waals surface area contributed by atoms with E-state index in [4.69, 9.17) is 16.6 Å². The van der Waals surface area contributed by atoms with Crippen LogP contribution in [0.25, 0.3) is 10.2 Å². The molecule has 0 N–H and O–H groups in total. The molecular formula is C22H25ClN4O3S.